The Morgan fingerprint density at radius 3 is 1.60 bits per heavy atom. The van der Waals surface area contributed by atoms with Crippen molar-refractivity contribution in [2.75, 3.05) is 0 Å². The summed E-state index contributed by atoms with van der Waals surface area (Å²) in [6, 6.07) is 10.3. The Morgan fingerprint density at radius 1 is 0.667 bits per heavy atom. The Hall–Kier alpha value is -1.61. The van der Waals surface area contributed by atoms with Gasteiger partial charge in [0.2, 0.25) is 0 Å². The van der Waals surface area contributed by atoms with Gasteiger partial charge >= 0.3 is 5.97 Å². The molecule has 1 aromatic carbocycles. The predicted octanol–water partition coefficient (Wildman–Crippen LogP) is 13.5. The van der Waals surface area contributed by atoms with Crippen LogP contribution in [0.2, 0.25) is 0 Å². The number of ether oxygens (including phenoxy) is 2. The highest BCUT2D eigenvalue weighted by atomic mass is 16.6. The second-order valence-electron chi connectivity index (χ2n) is 14.8. The van der Waals surface area contributed by atoms with Gasteiger partial charge in [0.1, 0.15) is 5.60 Å². The minimum atomic E-state index is -0.489. The van der Waals surface area contributed by atoms with Gasteiger partial charge in [-0.15, -0.1) is 0 Å². The van der Waals surface area contributed by atoms with Crippen LogP contribution < -0.4 is 0 Å². The smallest absolute Gasteiger partial charge is 0.312 e. The summed E-state index contributed by atoms with van der Waals surface area (Å²) >= 11 is 0. The van der Waals surface area contributed by atoms with Crippen molar-refractivity contribution in [3.8, 4) is 0 Å². The number of carbonyl (C=O) groups excluding carboxylic acids is 1. The highest BCUT2D eigenvalue weighted by molar-refractivity contribution is 5.73. The van der Waals surface area contributed by atoms with Gasteiger partial charge in [0.15, 0.2) is 0 Å². The molecule has 0 radical (unpaired) electrons. The van der Waals surface area contributed by atoms with Crippen LogP contribution in [0.15, 0.2) is 42.0 Å². The van der Waals surface area contributed by atoms with Gasteiger partial charge in [0.05, 0.1) is 18.6 Å². The highest BCUT2D eigenvalue weighted by Crippen LogP contribution is 2.27. The third-order valence-electron chi connectivity index (χ3n) is 8.83. The first-order valence-corrected chi connectivity index (χ1v) is 19.2. The normalized spacial score (nSPS) is 13.0. The van der Waals surface area contributed by atoms with Crippen LogP contribution in [0.3, 0.4) is 0 Å². The lowest BCUT2D eigenvalue weighted by Gasteiger charge is -2.29. The maximum Gasteiger partial charge on any atom is 0.312 e. The van der Waals surface area contributed by atoms with Crippen LogP contribution in [-0.2, 0) is 20.9 Å². The number of esters is 1. The summed E-state index contributed by atoms with van der Waals surface area (Å²) in [7, 11) is 0. The fourth-order valence-corrected chi connectivity index (χ4v) is 6.16. The second kappa shape index (κ2) is 27.5. The molecule has 45 heavy (non-hydrogen) atoms. The van der Waals surface area contributed by atoms with Gasteiger partial charge in [0.25, 0.3) is 0 Å². The minimum absolute atomic E-state index is 0.0863. The number of rotatable bonds is 29. The molecule has 0 saturated carbocycles. The number of unbranched alkanes of at least 4 members (excludes halogenated alkanes) is 19. The molecule has 3 nitrogen and oxygen atoms in total. The van der Waals surface area contributed by atoms with Crippen LogP contribution in [0.1, 0.15) is 195 Å². The van der Waals surface area contributed by atoms with Crippen molar-refractivity contribution >= 4 is 5.97 Å². The van der Waals surface area contributed by atoms with E-state index in [0.717, 1.165) is 44.1 Å². The van der Waals surface area contributed by atoms with Gasteiger partial charge in [-0.2, -0.15) is 0 Å². The Morgan fingerprint density at radius 2 is 1.13 bits per heavy atom. The van der Waals surface area contributed by atoms with Crippen LogP contribution in [0.5, 0.6) is 0 Å². The van der Waals surface area contributed by atoms with Crippen LogP contribution in [-0.4, -0.2) is 17.7 Å². The fraction of sp³-hybridized carbons (Fsp3) is 0.786. The first-order chi connectivity index (χ1) is 21.7. The van der Waals surface area contributed by atoms with Gasteiger partial charge in [-0.25, -0.2) is 0 Å². The van der Waals surface area contributed by atoms with Crippen LogP contribution in [0.25, 0.3) is 0 Å². The Balaban J connectivity index is 2.41. The minimum Gasteiger partial charge on any atom is -0.460 e. The molecule has 0 saturated heterocycles. The number of carbonyl (C=O) groups is 1. The van der Waals surface area contributed by atoms with Crippen LogP contribution in [0.4, 0.5) is 0 Å². The molecule has 0 spiro atoms. The second-order valence-corrected chi connectivity index (χ2v) is 14.8. The average molecular weight is 627 g/mol. The lowest BCUT2D eigenvalue weighted by Crippen LogP contribution is -2.36. The average Bonchev–Trinajstić information content (AvgIpc) is 2.99. The summed E-state index contributed by atoms with van der Waals surface area (Å²) in [6.45, 7) is 13.1. The van der Waals surface area contributed by atoms with Crippen molar-refractivity contribution in [3.63, 3.8) is 0 Å². The third kappa shape index (κ3) is 25.2. The van der Waals surface area contributed by atoms with Crippen LogP contribution >= 0.6 is 0 Å². The van der Waals surface area contributed by atoms with E-state index in [9.17, 15) is 4.79 Å². The highest BCUT2D eigenvalue weighted by Gasteiger charge is 2.32. The maximum absolute atomic E-state index is 13.5. The first kappa shape index (κ1) is 41.4. The molecule has 0 fully saturated rings. The van der Waals surface area contributed by atoms with Crippen molar-refractivity contribution in [1.82, 2.24) is 0 Å². The van der Waals surface area contributed by atoms with Gasteiger partial charge in [-0.3, -0.25) is 4.79 Å². The molecule has 0 bridgehead atoms. The Bertz CT molecular complexity index is 833. The van der Waals surface area contributed by atoms with Crippen molar-refractivity contribution in [2.24, 2.45) is 5.92 Å². The molecule has 0 unspecified atom stereocenters. The summed E-state index contributed by atoms with van der Waals surface area (Å²) < 4.78 is 12.5. The van der Waals surface area contributed by atoms with Crippen molar-refractivity contribution < 1.29 is 14.3 Å². The zero-order valence-electron chi connectivity index (χ0n) is 30.8. The summed E-state index contributed by atoms with van der Waals surface area (Å²) in [5.74, 6) is -0.297. The summed E-state index contributed by atoms with van der Waals surface area (Å²) in [4.78, 5) is 13.5. The lowest BCUT2D eigenvalue weighted by molar-refractivity contribution is -0.167. The van der Waals surface area contributed by atoms with E-state index in [2.05, 4.69) is 51.1 Å². The Kier molecular flexibility index (Phi) is 25.3. The van der Waals surface area contributed by atoms with E-state index >= 15 is 0 Å². The van der Waals surface area contributed by atoms with Gasteiger partial charge in [0, 0.05) is 0 Å². The van der Waals surface area contributed by atoms with Crippen molar-refractivity contribution in [3.05, 3.63) is 47.5 Å². The molecule has 2 atom stereocenters. The van der Waals surface area contributed by atoms with E-state index in [-0.39, 0.29) is 18.0 Å². The summed E-state index contributed by atoms with van der Waals surface area (Å²) in [5.41, 5.74) is 2.03. The molecule has 0 N–H and O–H groups in total. The van der Waals surface area contributed by atoms with Crippen LogP contribution in [0, 0.1) is 5.92 Å². The Labute approximate surface area is 280 Å². The number of benzene rings is 1. The molecule has 3 heteroatoms. The van der Waals surface area contributed by atoms with Gasteiger partial charge in [-0.05, 0) is 65.9 Å². The molecule has 1 rings (SSSR count). The fourth-order valence-electron chi connectivity index (χ4n) is 6.16. The predicted molar refractivity (Wildman–Crippen MR) is 196 cm³/mol. The van der Waals surface area contributed by atoms with Crippen molar-refractivity contribution in [1.29, 1.82) is 0 Å². The topological polar surface area (TPSA) is 35.5 Å². The quantitative estimate of drug-likeness (QED) is 0.0504. The first-order valence-electron chi connectivity index (χ1n) is 19.2. The molecule has 1 aromatic rings. The van der Waals surface area contributed by atoms with Gasteiger partial charge in [-0.1, -0.05) is 171 Å². The standard InChI is InChI=1S/C42H74O3/c1-7-8-9-10-11-12-13-14-15-16-17-18-19-20-21-22-23-29-34-39(41(43)45-42(4,5)6)40(35-30-24-26-31-37(2)3)44-36-38-32-27-25-28-33-38/h25,27-28,31-33,39-40H,7-24,26,29-30,34-36H2,1-6H3/t39-,40-/m0/s1. The maximum atomic E-state index is 13.5. The molecule has 0 aliphatic rings. The molecule has 0 aromatic heterocycles. The number of hydrogen-bond donors (Lipinski definition) is 0. The zero-order chi connectivity index (χ0) is 33.0. The molecule has 0 amide bonds. The molecule has 0 aliphatic heterocycles. The summed E-state index contributed by atoms with van der Waals surface area (Å²) in [6.07, 6.45) is 31.8. The van der Waals surface area contributed by atoms with Gasteiger partial charge < -0.3 is 9.47 Å². The molecule has 260 valence electrons. The zero-order valence-corrected chi connectivity index (χ0v) is 30.8. The molecule has 0 aliphatic carbocycles. The number of allylic oxidation sites excluding steroid dienone is 2. The monoisotopic (exact) mass is 627 g/mol. The lowest BCUT2D eigenvalue weighted by atomic mass is 9.91. The van der Waals surface area contributed by atoms with E-state index in [1.807, 2.05) is 26.8 Å². The number of hydrogen-bond acceptors (Lipinski definition) is 3. The van der Waals surface area contributed by atoms with Crippen molar-refractivity contribution in [2.45, 2.75) is 208 Å². The van der Waals surface area contributed by atoms with E-state index in [0.29, 0.717) is 6.61 Å². The molecule has 0 heterocycles. The molecular weight excluding hydrogens is 552 g/mol. The van der Waals surface area contributed by atoms with E-state index < -0.39 is 5.60 Å². The largest absolute Gasteiger partial charge is 0.460 e. The SMILES string of the molecule is CCCCCCCCCCCCCCCCCCCC[C@H](C(=O)OC(C)(C)C)[C@H](CCCCC=C(C)C)OCc1ccccc1. The van der Waals surface area contributed by atoms with E-state index in [4.69, 9.17) is 9.47 Å². The van der Waals surface area contributed by atoms with E-state index in [1.54, 1.807) is 0 Å². The summed E-state index contributed by atoms with van der Waals surface area (Å²) in [5, 5.41) is 0. The molecular formula is C42H74O3. The third-order valence-corrected chi connectivity index (χ3v) is 8.83. The van der Waals surface area contributed by atoms with E-state index in [1.165, 1.54) is 115 Å².